The fraction of sp³-hybridized carbons (Fsp3) is 0.192. The van der Waals surface area contributed by atoms with Crippen LogP contribution in [0.15, 0.2) is 82.2 Å². The summed E-state index contributed by atoms with van der Waals surface area (Å²) in [5.41, 5.74) is 3.13. The van der Waals surface area contributed by atoms with Crippen molar-refractivity contribution >= 4 is 66.0 Å². The standard InChI is InChI=1S/C26H24N2O3S3/c1-3-18(15-24-27(4-2)21-11-7-8-12-22(21)32-24)16-25-28(17-34(29,30)31)26-20-10-6-5-9-19(20)13-14-23(26)33-25/h5-16H,3-4,17H2,1-2H3/p+1. The minimum atomic E-state index is -4.23. The van der Waals surface area contributed by atoms with E-state index in [-0.39, 0.29) is 0 Å². The fourth-order valence-corrected chi connectivity index (χ4v) is 7.36. The molecular formula is C26H25N2O3S3+. The Hall–Kier alpha value is -2.65. The van der Waals surface area contributed by atoms with Gasteiger partial charge in [0.15, 0.2) is 0 Å². The highest BCUT2D eigenvalue weighted by atomic mass is 32.2. The van der Waals surface area contributed by atoms with Gasteiger partial charge in [-0.2, -0.15) is 13.0 Å². The van der Waals surface area contributed by atoms with Gasteiger partial charge in [0.25, 0.3) is 10.9 Å². The Bertz CT molecular complexity index is 1570. The summed E-state index contributed by atoms with van der Waals surface area (Å²) >= 11 is 3.29. The van der Waals surface area contributed by atoms with Crippen LogP contribution in [-0.2, 0) is 16.0 Å². The van der Waals surface area contributed by atoms with Crippen molar-refractivity contribution < 1.29 is 17.5 Å². The molecule has 8 heteroatoms. The number of allylic oxidation sites excluding steroid dienone is 2. The number of para-hydroxylation sites is 1. The van der Waals surface area contributed by atoms with Gasteiger partial charge in [-0.3, -0.25) is 4.55 Å². The molecule has 1 aliphatic rings. The van der Waals surface area contributed by atoms with Crippen LogP contribution in [0.2, 0.25) is 0 Å². The van der Waals surface area contributed by atoms with Crippen LogP contribution in [0, 0.1) is 0 Å². The summed E-state index contributed by atoms with van der Waals surface area (Å²) in [5, 5.41) is 3.95. The molecule has 0 fully saturated rings. The first kappa shape index (κ1) is 23.1. The molecule has 4 aromatic rings. The number of thioether (sulfide) groups is 1. The summed E-state index contributed by atoms with van der Waals surface area (Å²) in [6.07, 6.45) is 5.03. The second kappa shape index (κ2) is 9.19. The first-order chi connectivity index (χ1) is 16.4. The van der Waals surface area contributed by atoms with Gasteiger partial charge in [0.05, 0.1) is 16.1 Å². The average molecular weight is 510 g/mol. The summed E-state index contributed by atoms with van der Waals surface area (Å²) in [4.78, 5) is 3.54. The number of anilines is 1. The molecule has 1 N–H and O–H groups in total. The molecule has 0 aliphatic carbocycles. The van der Waals surface area contributed by atoms with Crippen LogP contribution in [-0.4, -0.2) is 19.5 Å². The molecule has 0 saturated heterocycles. The van der Waals surface area contributed by atoms with E-state index in [1.54, 1.807) is 16.3 Å². The van der Waals surface area contributed by atoms with Gasteiger partial charge >= 0.3 is 10.1 Å². The van der Waals surface area contributed by atoms with Gasteiger partial charge in [-0.25, -0.2) is 0 Å². The Balaban J connectivity index is 1.66. The van der Waals surface area contributed by atoms with Gasteiger partial charge in [0, 0.05) is 17.5 Å². The first-order valence-electron chi connectivity index (χ1n) is 11.1. The predicted octanol–water partition coefficient (Wildman–Crippen LogP) is 6.45. The second-order valence-electron chi connectivity index (χ2n) is 8.08. The average Bonchev–Trinajstić information content (AvgIpc) is 3.34. The van der Waals surface area contributed by atoms with E-state index in [2.05, 4.69) is 55.2 Å². The third-order valence-corrected chi connectivity index (χ3v) is 8.68. The largest absolute Gasteiger partial charge is 0.335 e. The first-order valence-corrected chi connectivity index (χ1v) is 14.4. The van der Waals surface area contributed by atoms with E-state index in [0.29, 0.717) is 0 Å². The van der Waals surface area contributed by atoms with E-state index < -0.39 is 16.0 Å². The van der Waals surface area contributed by atoms with Crippen molar-refractivity contribution in [3.8, 4) is 0 Å². The molecule has 0 spiro atoms. The Morgan fingerprint density at radius 2 is 1.82 bits per heavy atom. The SMILES string of the molecule is CCC(=Cc1sc2ccc3ccccc3c2[n+]1CS(=O)(=O)O)C=C1Sc2ccccc2N1CC. The number of hydrogen-bond acceptors (Lipinski definition) is 5. The summed E-state index contributed by atoms with van der Waals surface area (Å²) < 4.78 is 36.4. The minimum Gasteiger partial charge on any atom is -0.335 e. The number of aromatic nitrogens is 1. The Morgan fingerprint density at radius 1 is 1.06 bits per heavy atom. The van der Waals surface area contributed by atoms with Crippen molar-refractivity contribution in [2.45, 2.75) is 31.0 Å². The van der Waals surface area contributed by atoms with E-state index in [0.717, 1.165) is 49.6 Å². The third kappa shape index (κ3) is 4.38. The van der Waals surface area contributed by atoms with Gasteiger partial charge in [-0.1, -0.05) is 66.4 Å². The number of rotatable bonds is 6. The van der Waals surface area contributed by atoms with E-state index in [4.69, 9.17) is 0 Å². The maximum Gasteiger partial charge on any atom is 0.326 e. The second-order valence-corrected chi connectivity index (χ2v) is 11.6. The van der Waals surface area contributed by atoms with Crippen LogP contribution < -0.4 is 9.47 Å². The molecule has 3 aromatic carbocycles. The highest BCUT2D eigenvalue weighted by Crippen LogP contribution is 2.46. The van der Waals surface area contributed by atoms with Gasteiger partial charge < -0.3 is 4.90 Å². The van der Waals surface area contributed by atoms with E-state index >= 15 is 0 Å². The summed E-state index contributed by atoms with van der Waals surface area (Å²) in [5.74, 6) is -0.484. The molecule has 5 nitrogen and oxygen atoms in total. The molecule has 0 amide bonds. The number of nitrogens with zero attached hydrogens (tertiary/aromatic N) is 2. The molecule has 0 unspecified atom stereocenters. The molecule has 1 aliphatic heterocycles. The lowest BCUT2D eigenvalue weighted by atomic mass is 10.1. The molecule has 1 aromatic heterocycles. The third-order valence-electron chi connectivity index (χ3n) is 5.89. The highest BCUT2D eigenvalue weighted by Gasteiger charge is 2.27. The zero-order valence-electron chi connectivity index (χ0n) is 18.9. The van der Waals surface area contributed by atoms with Gasteiger partial charge in [0.1, 0.15) is 4.70 Å². The fourth-order valence-electron chi connectivity index (χ4n) is 4.32. The van der Waals surface area contributed by atoms with Crippen LogP contribution in [0.3, 0.4) is 0 Å². The van der Waals surface area contributed by atoms with Crippen LogP contribution in [0.25, 0.3) is 27.1 Å². The molecule has 34 heavy (non-hydrogen) atoms. The monoisotopic (exact) mass is 509 g/mol. The molecule has 0 bridgehead atoms. The van der Waals surface area contributed by atoms with Gasteiger partial charge in [-0.05, 0) is 54.6 Å². The van der Waals surface area contributed by atoms with Crippen molar-refractivity contribution in [3.05, 3.63) is 82.3 Å². The number of fused-ring (bicyclic) bond motifs is 4. The maximum atomic E-state index is 12.0. The molecule has 5 rings (SSSR count). The van der Waals surface area contributed by atoms with E-state index in [1.807, 2.05) is 36.4 Å². The highest BCUT2D eigenvalue weighted by molar-refractivity contribution is 8.03. The van der Waals surface area contributed by atoms with Crippen LogP contribution >= 0.6 is 23.1 Å². The number of benzene rings is 3. The summed E-state index contributed by atoms with van der Waals surface area (Å²) in [6.45, 7) is 5.11. The van der Waals surface area contributed by atoms with Crippen molar-refractivity contribution in [3.63, 3.8) is 0 Å². The lowest BCUT2D eigenvalue weighted by Crippen LogP contribution is -2.39. The Kier molecular flexibility index (Phi) is 6.24. The zero-order chi connectivity index (χ0) is 23.9. The van der Waals surface area contributed by atoms with Crippen molar-refractivity contribution in [2.24, 2.45) is 0 Å². The molecule has 174 valence electrons. The molecule has 0 atom stereocenters. The molecule has 0 radical (unpaired) electrons. The normalized spacial score (nSPS) is 15.6. The smallest absolute Gasteiger partial charge is 0.326 e. The summed E-state index contributed by atoms with van der Waals surface area (Å²) in [6, 6.07) is 20.4. The predicted molar refractivity (Wildman–Crippen MR) is 143 cm³/mol. The lowest BCUT2D eigenvalue weighted by Gasteiger charge is -2.18. The van der Waals surface area contributed by atoms with Crippen LogP contribution in [0.1, 0.15) is 25.3 Å². The zero-order valence-corrected chi connectivity index (χ0v) is 21.4. The minimum absolute atomic E-state index is 0.484. The molecule has 0 saturated carbocycles. The molecule has 2 heterocycles. The summed E-state index contributed by atoms with van der Waals surface area (Å²) in [7, 11) is -4.23. The van der Waals surface area contributed by atoms with E-state index in [1.165, 1.54) is 21.9 Å². The van der Waals surface area contributed by atoms with Crippen LogP contribution in [0.5, 0.6) is 0 Å². The Labute approximate surface area is 207 Å². The lowest BCUT2D eigenvalue weighted by molar-refractivity contribution is -0.648. The molecular weight excluding hydrogens is 484 g/mol. The quantitative estimate of drug-likeness (QED) is 0.239. The van der Waals surface area contributed by atoms with Crippen molar-refractivity contribution in [1.29, 1.82) is 0 Å². The van der Waals surface area contributed by atoms with E-state index in [9.17, 15) is 13.0 Å². The van der Waals surface area contributed by atoms with Gasteiger partial charge in [-0.15, -0.1) is 0 Å². The topological polar surface area (TPSA) is 61.5 Å². The Morgan fingerprint density at radius 3 is 2.59 bits per heavy atom. The maximum absolute atomic E-state index is 12.0. The number of thiazole rings is 1. The van der Waals surface area contributed by atoms with Crippen molar-refractivity contribution in [1.82, 2.24) is 0 Å². The van der Waals surface area contributed by atoms with Crippen molar-refractivity contribution in [2.75, 3.05) is 11.4 Å². The number of hydrogen-bond donors (Lipinski definition) is 1. The van der Waals surface area contributed by atoms with Gasteiger partial charge in [0.2, 0.25) is 5.52 Å². The van der Waals surface area contributed by atoms with Crippen LogP contribution in [0.4, 0.5) is 5.69 Å².